The molecule has 0 amide bonds. The zero-order valence-corrected chi connectivity index (χ0v) is 12.7. The molecule has 0 bridgehead atoms. The predicted octanol–water partition coefficient (Wildman–Crippen LogP) is 5.48. The van der Waals surface area contributed by atoms with Crippen LogP contribution in [0.3, 0.4) is 0 Å². The van der Waals surface area contributed by atoms with Crippen molar-refractivity contribution in [1.82, 2.24) is 0 Å². The highest BCUT2D eigenvalue weighted by Crippen LogP contribution is 2.28. The molecule has 0 aliphatic heterocycles. The monoisotopic (exact) mass is 350 g/mol. The molecule has 1 aromatic heterocycles. The number of ether oxygens (including phenoxy) is 1. The molecule has 0 aliphatic carbocycles. The highest BCUT2D eigenvalue weighted by molar-refractivity contribution is 9.11. The zero-order chi connectivity index (χ0) is 12.3. The van der Waals surface area contributed by atoms with E-state index in [1.807, 2.05) is 30.3 Å². The summed E-state index contributed by atoms with van der Waals surface area (Å²) in [5.74, 6) is 1.14. The van der Waals surface area contributed by atoms with Gasteiger partial charge in [0, 0.05) is 10.8 Å². The average Bonchev–Trinajstić information content (AvgIpc) is 2.73. The first-order valence-electron chi connectivity index (χ1n) is 4.90. The number of benzene rings is 1. The van der Waals surface area contributed by atoms with Gasteiger partial charge in [0.25, 0.3) is 0 Å². The van der Waals surface area contributed by atoms with E-state index in [2.05, 4.69) is 15.9 Å². The van der Waals surface area contributed by atoms with Gasteiger partial charge >= 0.3 is 0 Å². The molecule has 0 aliphatic rings. The van der Waals surface area contributed by atoms with Crippen LogP contribution in [0.4, 0.5) is 0 Å². The van der Waals surface area contributed by atoms with Crippen LogP contribution in [0.25, 0.3) is 0 Å². The van der Waals surface area contributed by atoms with Crippen molar-refractivity contribution >= 4 is 50.5 Å². The van der Waals surface area contributed by atoms with Crippen LogP contribution < -0.4 is 4.74 Å². The quantitative estimate of drug-likeness (QED) is 0.662. The molecule has 5 heteroatoms. The Morgan fingerprint density at radius 3 is 2.65 bits per heavy atom. The third-order valence-corrected chi connectivity index (χ3v) is 4.35. The van der Waals surface area contributed by atoms with E-state index in [0.29, 0.717) is 23.3 Å². The van der Waals surface area contributed by atoms with Gasteiger partial charge in [-0.2, -0.15) is 0 Å². The summed E-state index contributed by atoms with van der Waals surface area (Å²) in [5, 5.41) is 0.596. The first-order chi connectivity index (χ1) is 8.19. The number of thiophene rings is 1. The van der Waals surface area contributed by atoms with E-state index >= 15 is 0 Å². The van der Waals surface area contributed by atoms with E-state index in [1.54, 1.807) is 11.3 Å². The average molecular weight is 352 g/mol. The van der Waals surface area contributed by atoms with Gasteiger partial charge in [-0.15, -0.1) is 22.9 Å². The molecule has 0 atom stereocenters. The molecule has 1 aromatic carbocycles. The van der Waals surface area contributed by atoms with E-state index in [-0.39, 0.29) is 0 Å². The summed E-state index contributed by atoms with van der Waals surface area (Å²) in [6, 6.07) is 9.62. The molecule has 1 nitrogen and oxygen atoms in total. The Hall–Kier alpha value is -0.220. The van der Waals surface area contributed by atoms with Crippen LogP contribution in [0.2, 0.25) is 5.02 Å². The van der Waals surface area contributed by atoms with Gasteiger partial charge < -0.3 is 4.74 Å². The summed E-state index contributed by atoms with van der Waals surface area (Å²) >= 11 is 16.9. The van der Waals surface area contributed by atoms with Gasteiger partial charge in [0.1, 0.15) is 12.4 Å². The topological polar surface area (TPSA) is 9.23 Å². The van der Waals surface area contributed by atoms with Crippen molar-refractivity contribution < 1.29 is 4.74 Å². The normalized spacial score (nSPS) is 10.5. The molecule has 0 fully saturated rings. The molecule has 0 N–H and O–H groups in total. The number of rotatable bonds is 4. The molecule has 0 saturated carbocycles. The lowest BCUT2D eigenvalue weighted by molar-refractivity contribution is 0.310. The molecule has 0 radical (unpaired) electrons. The van der Waals surface area contributed by atoms with Crippen LogP contribution in [0.5, 0.6) is 5.75 Å². The minimum absolute atomic E-state index is 0.456. The summed E-state index contributed by atoms with van der Waals surface area (Å²) < 4.78 is 6.75. The Morgan fingerprint density at radius 1 is 1.24 bits per heavy atom. The van der Waals surface area contributed by atoms with E-state index in [1.165, 1.54) is 0 Å². The molecule has 0 unspecified atom stereocenters. The number of halogens is 3. The number of hydrogen-bond acceptors (Lipinski definition) is 2. The van der Waals surface area contributed by atoms with Crippen LogP contribution in [-0.4, -0.2) is 0 Å². The molecule has 17 heavy (non-hydrogen) atoms. The van der Waals surface area contributed by atoms with Crippen molar-refractivity contribution in [2.45, 2.75) is 12.5 Å². The predicted molar refractivity (Wildman–Crippen MR) is 77.4 cm³/mol. The highest BCUT2D eigenvalue weighted by Gasteiger charge is 2.04. The van der Waals surface area contributed by atoms with Crippen molar-refractivity contribution in [2.75, 3.05) is 0 Å². The number of alkyl halides is 1. The van der Waals surface area contributed by atoms with Gasteiger partial charge in [0.2, 0.25) is 0 Å². The van der Waals surface area contributed by atoms with E-state index in [0.717, 1.165) is 14.2 Å². The van der Waals surface area contributed by atoms with E-state index in [9.17, 15) is 0 Å². The Kier molecular flexibility index (Phi) is 4.74. The first kappa shape index (κ1) is 13.2. The lowest BCUT2D eigenvalue weighted by Crippen LogP contribution is -1.93. The first-order valence-corrected chi connectivity index (χ1v) is 7.42. The van der Waals surface area contributed by atoms with Crippen LogP contribution >= 0.6 is 50.5 Å². The van der Waals surface area contributed by atoms with Gasteiger partial charge in [-0.3, -0.25) is 0 Å². The van der Waals surface area contributed by atoms with Crippen LogP contribution in [0.15, 0.2) is 34.1 Å². The fraction of sp³-hybridized carbons (Fsp3) is 0.167. The maximum Gasteiger partial charge on any atom is 0.138 e. The Bertz CT molecular complexity index is 513. The molecule has 0 saturated heterocycles. The van der Waals surface area contributed by atoms with Gasteiger partial charge in [-0.05, 0) is 45.8 Å². The van der Waals surface area contributed by atoms with Crippen molar-refractivity contribution in [2.24, 2.45) is 0 Å². The minimum Gasteiger partial charge on any atom is -0.487 e. The van der Waals surface area contributed by atoms with Crippen molar-refractivity contribution in [1.29, 1.82) is 0 Å². The van der Waals surface area contributed by atoms with Crippen LogP contribution in [0.1, 0.15) is 10.4 Å². The van der Waals surface area contributed by atoms with Crippen molar-refractivity contribution in [3.8, 4) is 5.75 Å². The maximum absolute atomic E-state index is 6.09. The van der Waals surface area contributed by atoms with Gasteiger partial charge in [-0.1, -0.05) is 17.7 Å². The Balaban J connectivity index is 2.04. The summed E-state index contributed by atoms with van der Waals surface area (Å²) in [6.07, 6.45) is 0. The fourth-order valence-corrected chi connectivity index (χ4v) is 3.14. The molecule has 2 aromatic rings. The van der Waals surface area contributed by atoms with E-state index in [4.69, 9.17) is 27.9 Å². The summed E-state index contributed by atoms with van der Waals surface area (Å²) in [6.45, 7) is 0.524. The number of hydrogen-bond donors (Lipinski definition) is 0. The lowest BCUT2D eigenvalue weighted by Gasteiger charge is -2.07. The van der Waals surface area contributed by atoms with Crippen LogP contribution in [0, 0.1) is 0 Å². The van der Waals surface area contributed by atoms with Gasteiger partial charge in [0.05, 0.1) is 8.81 Å². The highest BCUT2D eigenvalue weighted by atomic mass is 79.9. The molecular weight excluding hydrogens is 343 g/mol. The second kappa shape index (κ2) is 6.10. The third kappa shape index (κ3) is 3.62. The zero-order valence-electron chi connectivity index (χ0n) is 8.75. The minimum atomic E-state index is 0.456. The summed E-state index contributed by atoms with van der Waals surface area (Å²) in [7, 11) is 0. The Labute approximate surface area is 122 Å². The maximum atomic E-state index is 6.09. The molecule has 1 heterocycles. The van der Waals surface area contributed by atoms with Crippen molar-refractivity contribution in [3.05, 3.63) is 49.6 Å². The smallest absolute Gasteiger partial charge is 0.138 e. The molecule has 90 valence electrons. The standard InChI is InChI=1S/C12H9BrCl2OS/c13-12-4-2-9(17-12)7-16-11-3-1-8(6-14)5-10(11)15/h1-5H,6-7H2. The molecule has 0 spiro atoms. The SMILES string of the molecule is ClCc1ccc(OCc2ccc(Br)s2)c(Cl)c1. The molecule has 2 rings (SSSR count). The second-order valence-electron chi connectivity index (χ2n) is 3.39. The van der Waals surface area contributed by atoms with Gasteiger partial charge in [0.15, 0.2) is 0 Å². The summed E-state index contributed by atoms with van der Waals surface area (Å²) in [4.78, 5) is 1.15. The fourth-order valence-electron chi connectivity index (χ4n) is 1.32. The van der Waals surface area contributed by atoms with Crippen molar-refractivity contribution in [3.63, 3.8) is 0 Å². The largest absolute Gasteiger partial charge is 0.487 e. The molecular formula is C12H9BrCl2OS. The lowest BCUT2D eigenvalue weighted by atomic mass is 10.2. The van der Waals surface area contributed by atoms with Gasteiger partial charge in [-0.25, -0.2) is 0 Å². The second-order valence-corrected chi connectivity index (χ2v) is 6.61. The third-order valence-electron chi connectivity index (χ3n) is 2.15. The van der Waals surface area contributed by atoms with Crippen LogP contribution in [-0.2, 0) is 12.5 Å². The van der Waals surface area contributed by atoms with E-state index < -0.39 is 0 Å². The summed E-state index contributed by atoms with van der Waals surface area (Å²) in [5.41, 5.74) is 0.989. The Morgan fingerprint density at radius 2 is 2.06 bits per heavy atom.